The maximum Gasteiger partial charge on any atom is 0.267 e. The molecule has 0 bridgehead atoms. The van der Waals surface area contributed by atoms with Crippen LogP contribution in [0.5, 0.6) is 5.88 Å². The topological polar surface area (TPSA) is 66.2 Å². The third-order valence-corrected chi connectivity index (χ3v) is 6.88. The van der Waals surface area contributed by atoms with Crippen molar-refractivity contribution in [2.75, 3.05) is 20.1 Å². The van der Waals surface area contributed by atoms with Gasteiger partial charge in [-0.05, 0) is 45.1 Å². The largest absolute Gasteiger partial charge is 0.473 e. The summed E-state index contributed by atoms with van der Waals surface area (Å²) in [6, 6.07) is 10.4. The van der Waals surface area contributed by atoms with Crippen molar-refractivity contribution >= 4 is 12.5 Å². The Kier molecular flexibility index (Phi) is 7.21. The average Bonchev–Trinajstić information content (AvgIpc) is 2.83. The van der Waals surface area contributed by atoms with Gasteiger partial charge in [0.25, 0.3) is 6.71 Å². The van der Waals surface area contributed by atoms with E-state index in [-0.39, 0.29) is 25.0 Å². The molecule has 0 radical (unpaired) electrons. The van der Waals surface area contributed by atoms with Crippen LogP contribution in [0, 0.1) is 23.0 Å². The molecule has 2 aliphatic heterocycles. The number of nitrogens with zero attached hydrogens (tertiary/aromatic N) is 3. The van der Waals surface area contributed by atoms with Gasteiger partial charge < -0.3 is 9.64 Å². The smallest absolute Gasteiger partial charge is 0.267 e. The van der Waals surface area contributed by atoms with Gasteiger partial charge in [0.15, 0.2) is 5.78 Å². The number of piperidine rings is 1. The van der Waals surface area contributed by atoms with Crippen LogP contribution >= 0.6 is 0 Å². The molecule has 0 N–H and O–H groups in total. The minimum Gasteiger partial charge on any atom is -0.473 e. The van der Waals surface area contributed by atoms with Gasteiger partial charge in [-0.2, -0.15) is 0 Å². The van der Waals surface area contributed by atoms with Crippen molar-refractivity contribution in [3.8, 4) is 11.8 Å². The molecular formula is C25H29BFN3O2. The van der Waals surface area contributed by atoms with Crippen LogP contribution in [-0.2, 0) is 6.61 Å². The third kappa shape index (κ3) is 5.36. The number of carbonyl (C=O) groups excluding carboxylic acids is 1. The highest BCUT2D eigenvalue weighted by molar-refractivity contribution is 6.67. The minimum absolute atomic E-state index is 0.0251. The van der Waals surface area contributed by atoms with E-state index in [0.29, 0.717) is 22.9 Å². The highest BCUT2D eigenvalue weighted by Gasteiger charge is 2.26. The highest BCUT2D eigenvalue weighted by Crippen LogP contribution is 2.33. The number of hydrogen-bond donors (Lipinski definition) is 0. The van der Waals surface area contributed by atoms with Crippen LogP contribution < -0.4 is 4.74 Å². The first-order valence-corrected chi connectivity index (χ1v) is 11.5. The zero-order valence-electron chi connectivity index (χ0n) is 18.6. The van der Waals surface area contributed by atoms with E-state index in [1.54, 1.807) is 18.2 Å². The molecule has 2 fully saturated rings. The summed E-state index contributed by atoms with van der Waals surface area (Å²) in [6.07, 6.45) is 5.36. The van der Waals surface area contributed by atoms with Gasteiger partial charge in [0, 0.05) is 40.7 Å². The minimum atomic E-state index is -0.422. The molecule has 5 nitrogen and oxygen atoms in total. The molecule has 2 aromatic rings. The number of carbonyl (C=O) groups is 1. The molecule has 0 atom stereocenters. The summed E-state index contributed by atoms with van der Waals surface area (Å²) < 4.78 is 20.5. The lowest BCUT2D eigenvalue weighted by Crippen LogP contribution is -2.33. The van der Waals surface area contributed by atoms with Crippen LogP contribution in [0.2, 0.25) is 12.6 Å². The SMILES string of the molecule is CN1CCC(C(=O)c2ccc(COc3cccc(C4CCB(C#N)CC4)n3)c(F)c2)CC1. The van der Waals surface area contributed by atoms with Gasteiger partial charge in [-0.1, -0.05) is 43.7 Å². The summed E-state index contributed by atoms with van der Waals surface area (Å²) in [5, 5.41) is 9.08. The van der Waals surface area contributed by atoms with E-state index in [4.69, 9.17) is 10.00 Å². The second-order valence-corrected chi connectivity index (χ2v) is 9.12. The molecule has 0 spiro atoms. The van der Waals surface area contributed by atoms with Crippen molar-refractivity contribution in [1.82, 2.24) is 9.88 Å². The summed E-state index contributed by atoms with van der Waals surface area (Å²) in [5.74, 6) is 2.75. The van der Waals surface area contributed by atoms with Crippen LogP contribution in [0.25, 0.3) is 0 Å². The fourth-order valence-corrected chi connectivity index (χ4v) is 4.73. The molecule has 1 aromatic heterocycles. The second kappa shape index (κ2) is 10.3. The number of pyridine rings is 1. The van der Waals surface area contributed by atoms with Gasteiger partial charge in [0.2, 0.25) is 5.88 Å². The van der Waals surface area contributed by atoms with Crippen molar-refractivity contribution in [2.45, 2.75) is 50.8 Å². The number of halogens is 1. The number of rotatable bonds is 6. The molecule has 166 valence electrons. The molecule has 2 aliphatic rings. The van der Waals surface area contributed by atoms with Gasteiger partial charge in [-0.3, -0.25) is 4.79 Å². The quantitative estimate of drug-likeness (QED) is 0.486. The van der Waals surface area contributed by atoms with Gasteiger partial charge in [-0.25, -0.2) is 14.6 Å². The third-order valence-electron chi connectivity index (χ3n) is 6.88. The molecule has 0 aliphatic carbocycles. The van der Waals surface area contributed by atoms with E-state index >= 15 is 0 Å². The van der Waals surface area contributed by atoms with Crippen LogP contribution in [0.3, 0.4) is 0 Å². The Morgan fingerprint density at radius 2 is 1.97 bits per heavy atom. The molecule has 7 heteroatoms. The number of likely N-dealkylation sites (tertiary alicyclic amines) is 1. The summed E-state index contributed by atoms with van der Waals surface area (Å²) in [7, 11) is 2.05. The summed E-state index contributed by atoms with van der Waals surface area (Å²) >= 11 is 0. The molecule has 0 saturated carbocycles. The van der Waals surface area contributed by atoms with E-state index in [1.807, 2.05) is 12.1 Å². The van der Waals surface area contributed by atoms with E-state index in [2.05, 4.69) is 22.9 Å². The standard InChI is InChI=1S/C25H29BFN3O2/c1-30-13-9-19(10-14-30)25(31)20-5-6-21(22(27)15-20)16-32-24-4-2-3-23(29-24)18-7-11-26(17-28)12-8-18/h2-6,15,18-19H,7-14,16H2,1H3. The Morgan fingerprint density at radius 1 is 1.22 bits per heavy atom. The molecule has 1 aromatic carbocycles. The summed E-state index contributed by atoms with van der Waals surface area (Å²) in [6.45, 7) is 2.02. The highest BCUT2D eigenvalue weighted by atomic mass is 19.1. The molecule has 3 heterocycles. The van der Waals surface area contributed by atoms with Crippen molar-refractivity contribution < 1.29 is 13.9 Å². The monoisotopic (exact) mass is 433 g/mol. The first kappa shape index (κ1) is 22.5. The van der Waals surface area contributed by atoms with Crippen LogP contribution in [0.4, 0.5) is 4.39 Å². The second-order valence-electron chi connectivity index (χ2n) is 9.12. The van der Waals surface area contributed by atoms with Crippen molar-refractivity contribution in [3.63, 3.8) is 0 Å². The predicted octanol–water partition coefficient (Wildman–Crippen LogP) is 4.76. The van der Waals surface area contributed by atoms with Gasteiger partial charge in [-0.15, -0.1) is 0 Å². The van der Waals surface area contributed by atoms with E-state index in [1.165, 1.54) is 6.07 Å². The Bertz CT molecular complexity index is 993. The number of Topliss-reactive ketones (excluding diaryl/α,β-unsaturated/α-hetero) is 1. The predicted molar refractivity (Wildman–Crippen MR) is 122 cm³/mol. The summed E-state index contributed by atoms with van der Waals surface area (Å²) in [4.78, 5) is 19.6. The van der Waals surface area contributed by atoms with Crippen LogP contribution in [0.1, 0.15) is 53.2 Å². The van der Waals surface area contributed by atoms with Crippen molar-refractivity contribution in [3.05, 3.63) is 59.0 Å². The zero-order chi connectivity index (χ0) is 22.5. The lowest BCUT2D eigenvalue weighted by Gasteiger charge is -2.28. The van der Waals surface area contributed by atoms with E-state index in [9.17, 15) is 9.18 Å². The first-order chi connectivity index (χ1) is 15.5. The van der Waals surface area contributed by atoms with E-state index in [0.717, 1.165) is 57.1 Å². The molecule has 4 rings (SSSR count). The van der Waals surface area contributed by atoms with Gasteiger partial charge in [0.1, 0.15) is 12.4 Å². The van der Waals surface area contributed by atoms with Gasteiger partial charge >= 0.3 is 0 Å². The van der Waals surface area contributed by atoms with E-state index < -0.39 is 5.82 Å². The normalized spacial score (nSPS) is 18.3. The molecule has 0 unspecified atom stereocenters. The lowest BCUT2D eigenvalue weighted by atomic mass is 9.41. The fraction of sp³-hybridized carbons (Fsp3) is 0.480. The molecule has 2 saturated heterocycles. The van der Waals surface area contributed by atoms with Crippen LogP contribution in [-0.4, -0.2) is 42.5 Å². The van der Waals surface area contributed by atoms with Crippen molar-refractivity contribution in [2.24, 2.45) is 5.92 Å². The fourth-order valence-electron chi connectivity index (χ4n) is 4.73. The number of ether oxygens (including phenoxy) is 1. The maximum absolute atomic E-state index is 14.7. The Morgan fingerprint density at radius 3 is 2.66 bits per heavy atom. The van der Waals surface area contributed by atoms with Gasteiger partial charge in [0.05, 0.1) is 0 Å². The molecular weight excluding hydrogens is 404 g/mol. The Hall–Kier alpha value is -2.72. The Balaban J connectivity index is 1.36. The number of nitriles is 1. The molecule has 0 amide bonds. The number of benzene rings is 1. The zero-order valence-corrected chi connectivity index (χ0v) is 18.6. The van der Waals surface area contributed by atoms with Crippen LogP contribution in [0.15, 0.2) is 36.4 Å². The maximum atomic E-state index is 14.7. The first-order valence-electron chi connectivity index (χ1n) is 11.5. The number of ketones is 1. The lowest BCUT2D eigenvalue weighted by molar-refractivity contribution is 0.0856. The Labute approximate surface area is 189 Å². The average molecular weight is 433 g/mol. The number of hydrogen-bond acceptors (Lipinski definition) is 5. The van der Waals surface area contributed by atoms with Crippen molar-refractivity contribution in [1.29, 1.82) is 5.26 Å². The molecule has 32 heavy (non-hydrogen) atoms. The summed E-state index contributed by atoms with van der Waals surface area (Å²) in [5.41, 5.74) is 1.82. The number of aromatic nitrogens is 1.